The molecular weight excluding hydrogens is 356 g/mol. The first-order chi connectivity index (χ1) is 13.2. The largest absolute Gasteiger partial charge is 0.383 e. The number of thiophene rings is 1. The lowest BCUT2D eigenvalue weighted by Gasteiger charge is -2.34. The molecule has 0 aliphatic carbocycles. The van der Waals surface area contributed by atoms with E-state index in [4.69, 9.17) is 5.73 Å². The maximum Gasteiger partial charge on any atom is 0.181 e. The van der Waals surface area contributed by atoms with Gasteiger partial charge in [-0.25, -0.2) is 4.99 Å². The monoisotopic (exact) mass is 382 g/mol. The normalized spacial score (nSPS) is 24.2. The lowest BCUT2D eigenvalue weighted by molar-refractivity contribution is 0.0859. The number of piperidine rings is 1. The molecule has 27 heavy (non-hydrogen) atoms. The molecule has 0 spiro atoms. The predicted octanol–water partition coefficient (Wildman–Crippen LogP) is 3.18. The highest BCUT2D eigenvalue weighted by Gasteiger charge is 2.37. The SMILES string of the molecule is NC(=Nc1ccc(C(=O)[C@@H]2NCCC2N2CCCCC2)cc1)c1cccs1. The van der Waals surface area contributed by atoms with Gasteiger partial charge >= 0.3 is 0 Å². The fraction of sp³-hybridized carbons (Fsp3) is 0.429. The average molecular weight is 383 g/mol. The number of amidine groups is 1. The van der Waals surface area contributed by atoms with Crippen molar-refractivity contribution in [1.82, 2.24) is 10.2 Å². The number of Topliss-reactive ketones (excluding diaryl/α,β-unsaturated/α-hetero) is 1. The van der Waals surface area contributed by atoms with Gasteiger partial charge in [-0.05, 0) is 74.6 Å². The second-order valence-electron chi connectivity index (χ2n) is 7.27. The third-order valence-corrected chi connectivity index (χ3v) is 6.40. The summed E-state index contributed by atoms with van der Waals surface area (Å²) >= 11 is 1.57. The summed E-state index contributed by atoms with van der Waals surface area (Å²) in [6, 6.07) is 11.6. The van der Waals surface area contributed by atoms with Crippen molar-refractivity contribution >= 4 is 28.6 Å². The number of hydrogen-bond donors (Lipinski definition) is 2. The molecular formula is C21H26N4OS. The molecule has 2 fully saturated rings. The van der Waals surface area contributed by atoms with Crippen LogP contribution in [0.2, 0.25) is 0 Å². The number of rotatable bonds is 5. The molecule has 142 valence electrons. The Hall–Kier alpha value is -2.02. The van der Waals surface area contributed by atoms with Gasteiger partial charge in [0.15, 0.2) is 5.78 Å². The Kier molecular flexibility index (Phi) is 5.66. The van der Waals surface area contributed by atoms with E-state index in [2.05, 4.69) is 15.2 Å². The van der Waals surface area contributed by atoms with Crippen LogP contribution in [0.4, 0.5) is 5.69 Å². The van der Waals surface area contributed by atoms with E-state index >= 15 is 0 Å². The number of carbonyl (C=O) groups excluding carboxylic acids is 1. The van der Waals surface area contributed by atoms with Crippen molar-refractivity contribution in [2.24, 2.45) is 10.7 Å². The van der Waals surface area contributed by atoms with Gasteiger partial charge in [0.25, 0.3) is 0 Å². The predicted molar refractivity (Wildman–Crippen MR) is 111 cm³/mol. The number of nitrogens with one attached hydrogen (secondary N) is 1. The van der Waals surface area contributed by atoms with Crippen LogP contribution in [0.25, 0.3) is 0 Å². The first-order valence-electron chi connectivity index (χ1n) is 9.72. The zero-order chi connectivity index (χ0) is 18.6. The van der Waals surface area contributed by atoms with Crippen LogP contribution in [0.15, 0.2) is 46.8 Å². The molecule has 3 heterocycles. The summed E-state index contributed by atoms with van der Waals surface area (Å²) in [5, 5.41) is 5.41. The molecule has 1 aromatic carbocycles. The van der Waals surface area contributed by atoms with E-state index < -0.39 is 0 Å². The van der Waals surface area contributed by atoms with Crippen molar-refractivity contribution in [3.05, 3.63) is 52.2 Å². The number of hydrogen-bond acceptors (Lipinski definition) is 5. The number of ketones is 1. The average Bonchev–Trinajstić information content (AvgIpc) is 3.41. The summed E-state index contributed by atoms with van der Waals surface area (Å²) < 4.78 is 0. The number of benzene rings is 1. The molecule has 2 atom stereocenters. The van der Waals surface area contributed by atoms with E-state index in [0.717, 1.165) is 42.2 Å². The second kappa shape index (κ2) is 8.33. The minimum absolute atomic E-state index is 0.103. The van der Waals surface area contributed by atoms with Crippen LogP contribution in [-0.4, -0.2) is 48.2 Å². The maximum absolute atomic E-state index is 13.1. The van der Waals surface area contributed by atoms with Gasteiger partial charge in [0.05, 0.1) is 16.6 Å². The van der Waals surface area contributed by atoms with Crippen LogP contribution in [0.1, 0.15) is 40.9 Å². The highest BCUT2D eigenvalue weighted by Crippen LogP contribution is 2.24. The Morgan fingerprint density at radius 2 is 1.93 bits per heavy atom. The van der Waals surface area contributed by atoms with Gasteiger partial charge in [0, 0.05) is 11.6 Å². The number of carbonyl (C=O) groups is 1. The van der Waals surface area contributed by atoms with Gasteiger partial charge in [-0.1, -0.05) is 12.5 Å². The highest BCUT2D eigenvalue weighted by atomic mass is 32.1. The lowest BCUT2D eigenvalue weighted by Crippen LogP contribution is -2.49. The first-order valence-corrected chi connectivity index (χ1v) is 10.6. The minimum atomic E-state index is -0.103. The van der Waals surface area contributed by atoms with Crippen molar-refractivity contribution in [1.29, 1.82) is 0 Å². The van der Waals surface area contributed by atoms with E-state index in [1.54, 1.807) is 11.3 Å². The Labute approximate surface area is 164 Å². The smallest absolute Gasteiger partial charge is 0.181 e. The van der Waals surface area contributed by atoms with Crippen molar-refractivity contribution in [2.75, 3.05) is 19.6 Å². The topological polar surface area (TPSA) is 70.7 Å². The molecule has 2 aromatic rings. The first kappa shape index (κ1) is 18.3. The van der Waals surface area contributed by atoms with Crippen LogP contribution < -0.4 is 11.1 Å². The van der Waals surface area contributed by atoms with Gasteiger partial charge in [-0.2, -0.15) is 0 Å². The Bertz CT molecular complexity index is 794. The lowest BCUT2D eigenvalue weighted by atomic mass is 9.96. The fourth-order valence-electron chi connectivity index (χ4n) is 4.10. The van der Waals surface area contributed by atoms with Crippen LogP contribution in [0, 0.1) is 0 Å². The summed E-state index contributed by atoms with van der Waals surface area (Å²) in [5.74, 6) is 0.691. The number of nitrogens with two attached hydrogens (primary N) is 1. The van der Waals surface area contributed by atoms with Crippen LogP contribution in [-0.2, 0) is 0 Å². The standard InChI is InChI=1S/C21H26N4OS/c22-21(18-5-4-14-27-18)24-16-8-6-15(7-9-16)20(26)19-17(10-11-23-19)25-12-2-1-3-13-25/h4-9,14,17,19,23H,1-3,10-13H2,(H2,22,24)/t17?,19-/m1/s1. The molecule has 0 radical (unpaired) electrons. The van der Waals surface area contributed by atoms with E-state index in [1.807, 2.05) is 41.8 Å². The van der Waals surface area contributed by atoms with Crippen molar-refractivity contribution in [3.8, 4) is 0 Å². The number of aliphatic imine (C=N–C) groups is 1. The van der Waals surface area contributed by atoms with Crippen LogP contribution >= 0.6 is 11.3 Å². The summed E-state index contributed by atoms with van der Waals surface area (Å²) in [4.78, 5) is 21.0. The zero-order valence-corrected chi connectivity index (χ0v) is 16.3. The van der Waals surface area contributed by atoms with Gasteiger partial charge in [0.2, 0.25) is 0 Å². The fourth-order valence-corrected chi connectivity index (χ4v) is 4.73. The van der Waals surface area contributed by atoms with E-state index in [-0.39, 0.29) is 11.8 Å². The summed E-state index contributed by atoms with van der Waals surface area (Å²) in [6.07, 6.45) is 4.85. The molecule has 4 rings (SSSR count). The third kappa shape index (κ3) is 4.13. The molecule has 2 saturated heterocycles. The van der Waals surface area contributed by atoms with Gasteiger partial charge < -0.3 is 11.1 Å². The Morgan fingerprint density at radius 1 is 1.15 bits per heavy atom. The Balaban J connectivity index is 1.46. The van der Waals surface area contributed by atoms with Crippen molar-refractivity contribution < 1.29 is 4.79 Å². The summed E-state index contributed by atoms with van der Waals surface area (Å²) in [5.41, 5.74) is 7.56. The summed E-state index contributed by atoms with van der Waals surface area (Å²) in [7, 11) is 0. The zero-order valence-electron chi connectivity index (χ0n) is 15.4. The van der Waals surface area contributed by atoms with Crippen LogP contribution in [0.3, 0.4) is 0 Å². The van der Waals surface area contributed by atoms with E-state index in [9.17, 15) is 4.79 Å². The molecule has 0 saturated carbocycles. The minimum Gasteiger partial charge on any atom is -0.383 e. The quantitative estimate of drug-likeness (QED) is 0.473. The van der Waals surface area contributed by atoms with E-state index in [1.165, 1.54) is 19.3 Å². The van der Waals surface area contributed by atoms with Gasteiger partial charge in [0.1, 0.15) is 5.84 Å². The Morgan fingerprint density at radius 3 is 2.63 bits per heavy atom. The van der Waals surface area contributed by atoms with Crippen LogP contribution in [0.5, 0.6) is 0 Å². The van der Waals surface area contributed by atoms with Crippen molar-refractivity contribution in [3.63, 3.8) is 0 Å². The molecule has 0 amide bonds. The van der Waals surface area contributed by atoms with E-state index in [0.29, 0.717) is 11.9 Å². The maximum atomic E-state index is 13.1. The number of likely N-dealkylation sites (tertiary alicyclic amines) is 1. The molecule has 6 heteroatoms. The summed E-state index contributed by atoms with van der Waals surface area (Å²) in [6.45, 7) is 3.15. The molecule has 0 bridgehead atoms. The van der Waals surface area contributed by atoms with Gasteiger partial charge in [-0.3, -0.25) is 9.69 Å². The molecule has 1 unspecified atom stereocenters. The number of nitrogens with zero attached hydrogens (tertiary/aromatic N) is 2. The molecule has 1 aromatic heterocycles. The molecule has 5 nitrogen and oxygen atoms in total. The third-order valence-electron chi connectivity index (χ3n) is 5.51. The van der Waals surface area contributed by atoms with Gasteiger partial charge in [-0.15, -0.1) is 11.3 Å². The highest BCUT2D eigenvalue weighted by molar-refractivity contribution is 7.12. The molecule has 3 N–H and O–H groups in total. The second-order valence-corrected chi connectivity index (χ2v) is 8.22. The molecule has 2 aliphatic heterocycles. The molecule has 2 aliphatic rings. The van der Waals surface area contributed by atoms with Crippen molar-refractivity contribution in [2.45, 2.75) is 37.8 Å².